The second-order valence-corrected chi connectivity index (χ2v) is 7.00. The van der Waals surface area contributed by atoms with Gasteiger partial charge in [-0.1, -0.05) is 12.1 Å². The van der Waals surface area contributed by atoms with E-state index in [0.717, 1.165) is 24.5 Å². The van der Waals surface area contributed by atoms with Gasteiger partial charge in [0.2, 0.25) is 6.10 Å². The number of imidazole rings is 1. The smallest absolute Gasteiger partial charge is 0.268 e. The number of hydrogen-bond donors (Lipinski definition) is 1. The molecule has 0 bridgehead atoms. The van der Waals surface area contributed by atoms with Crippen molar-refractivity contribution in [1.29, 1.82) is 5.26 Å². The van der Waals surface area contributed by atoms with Crippen LogP contribution >= 0.6 is 0 Å². The first-order valence-electron chi connectivity index (χ1n) is 9.75. The van der Waals surface area contributed by atoms with Crippen LogP contribution in [-0.2, 0) is 22.6 Å². The molecule has 2 aromatic rings. The number of nitrogens with one attached hydrogen (secondary N) is 1. The molecule has 1 aliphatic rings. The molecule has 152 valence electrons. The molecule has 2 heterocycles. The fourth-order valence-corrected chi connectivity index (χ4v) is 3.09. The largest absolute Gasteiger partial charge is 0.490 e. The summed E-state index contributed by atoms with van der Waals surface area (Å²) in [6.45, 7) is 8.71. The standard InChI is InChI=1S/C21H25N5O3/c1-5-20-24-17(12-26(20)6-2)16-10-19(29-25-16)21(27)23-15-7-8-18(28-13(3)4)14(9-15)11-22/h7-9,12-13,19H,5-6,10H2,1-4H3,(H,23,27). The quantitative estimate of drug-likeness (QED) is 0.775. The lowest BCUT2D eigenvalue weighted by molar-refractivity contribution is -0.125. The highest BCUT2D eigenvalue weighted by Gasteiger charge is 2.30. The van der Waals surface area contributed by atoms with Gasteiger partial charge in [-0.15, -0.1) is 0 Å². The fraction of sp³-hybridized carbons (Fsp3) is 0.429. The van der Waals surface area contributed by atoms with Gasteiger partial charge in [0.1, 0.15) is 29.0 Å². The molecule has 1 aliphatic heterocycles. The second-order valence-electron chi connectivity index (χ2n) is 7.00. The Labute approximate surface area is 170 Å². The number of rotatable bonds is 7. The number of amides is 1. The first-order chi connectivity index (χ1) is 13.9. The molecule has 3 rings (SSSR count). The van der Waals surface area contributed by atoms with E-state index in [2.05, 4.69) is 39.9 Å². The molecule has 0 spiro atoms. The fourth-order valence-electron chi connectivity index (χ4n) is 3.09. The summed E-state index contributed by atoms with van der Waals surface area (Å²) in [5, 5.41) is 16.2. The van der Waals surface area contributed by atoms with Gasteiger partial charge in [0, 0.05) is 31.3 Å². The summed E-state index contributed by atoms with van der Waals surface area (Å²) in [6, 6.07) is 7.05. The van der Waals surface area contributed by atoms with E-state index < -0.39 is 6.10 Å². The molecule has 1 N–H and O–H groups in total. The molecule has 0 saturated heterocycles. The number of anilines is 1. The van der Waals surface area contributed by atoms with E-state index in [4.69, 9.17) is 9.57 Å². The number of ether oxygens (including phenoxy) is 1. The summed E-state index contributed by atoms with van der Waals surface area (Å²) in [7, 11) is 0. The maximum absolute atomic E-state index is 12.6. The zero-order valence-electron chi connectivity index (χ0n) is 17.1. The molecule has 1 unspecified atom stereocenters. The number of nitrogens with zero attached hydrogens (tertiary/aromatic N) is 4. The van der Waals surface area contributed by atoms with Crippen molar-refractivity contribution in [2.24, 2.45) is 5.16 Å². The molecule has 0 fully saturated rings. The lowest BCUT2D eigenvalue weighted by atomic mass is 10.1. The minimum Gasteiger partial charge on any atom is -0.490 e. The maximum atomic E-state index is 12.6. The lowest BCUT2D eigenvalue weighted by Crippen LogP contribution is -2.28. The number of aromatic nitrogens is 2. The van der Waals surface area contributed by atoms with E-state index in [1.165, 1.54) is 0 Å². The van der Waals surface area contributed by atoms with Crippen molar-refractivity contribution in [2.45, 2.75) is 59.3 Å². The van der Waals surface area contributed by atoms with Crippen LogP contribution in [0.4, 0.5) is 5.69 Å². The number of benzene rings is 1. The highest BCUT2D eigenvalue weighted by atomic mass is 16.6. The van der Waals surface area contributed by atoms with E-state index >= 15 is 0 Å². The van der Waals surface area contributed by atoms with Crippen molar-refractivity contribution in [3.63, 3.8) is 0 Å². The molecular formula is C21H25N5O3. The normalized spacial score (nSPS) is 15.6. The van der Waals surface area contributed by atoms with Gasteiger partial charge >= 0.3 is 0 Å². The Kier molecular flexibility index (Phi) is 6.17. The highest BCUT2D eigenvalue weighted by Crippen LogP contribution is 2.24. The van der Waals surface area contributed by atoms with Crippen LogP contribution in [0.15, 0.2) is 29.6 Å². The van der Waals surface area contributed by atoms with E-state index in [0.29, 0.717) is 29.1 Å². The number of nitriles is 1. The number of aryl methyl sites for hydroxylation is 2. The molecule has 1 aromatic carbocycles. The van der Waals surface area contributed by atoms with Crippen LogP contribution in [0.3, 0.4) is 0 Å². The summed E-state index contributed by atoms with van der Waals surface area (Å²) in [5.41, 5.74) is 2.26. The van der Waals surface area contributed by atoms with Crippen LogP contribution in [0.2, 0.25) is 0 Å². The van der Waals surface area contributed by atoms with Gasteiger partial charge in [-0.25, -0.2) is 4.98 Å². The Morgan fingerprint density at radius 3 is 2.86 bits per heavy atom. The average molecular weight is 395 g/mol. The van der Waals surface area contributed by atoms with Gasteiger partial charge in [0.15, 0.2) is 0 Å². The Morgan fingerprint density at radius 1 is 1.45 bits per heavy atom. The minimum absolute atomic E-state index is 0.0468. The van der Waals surface area contributed by atoms with Crippen molar-refractivity contribution in [3.05, 3.63) is 41.5 Å². The van der Waals surface area contributed by atoms with Crippen molar-refractivity contribution in [1.82, 2.24) is 9.55 Å². The summed E-state index contributed by atoms with van der Waals surface area (Å²) in [4.78, 5) is 22.5. The summed E-state index contributed by atoms with van der Waals surface area (Å²) in [6.07, 6.45) is 2.32. The minimum atomic E-state index is -0.737. The molecule has 8 nitrogen and oxygen atoms in total. The monoisotopic (exact) mass is 395 g/mol. The number of oxime groups is 1. The number of carbonyl (C=O) groups is 1. The van der Waals surface area contributed by atoms with Crippen LogP contribution in [0.1, 0.15) is 51.2 Å². The van der Waals surface area contributed by atoms with Gasteiger partial charge in [-0.05, 0) is 39.0 Å². The van der Waals surface area contributed by atoms with Crippen LogP contribution in [0.25, 0.3) is 0 Å². The predicted molar refractivity (Wildman–Crippen MR) is 109 cm³/mol. The van der Waals surface area contributed by atoms with Crippen molar-refractivity contribution in [3.8, 4) is 11.8 Å². The molecule has 0 radical (unpaired) electrons. The third-order valence-corrected chi connectivity index (χ3v) is 4.50. The molecule has 8 heteroatoms. The number of carbonyl (C=O) groups excluding carboxylic acids is 1. The van der Waals surface area contributed by atoms with E-state index in [1.54, 1.807) is 18.2 Å². The molecule has 0 aliphatic carbocycles. The van der Waals surface area contributed by atoms with Gasteiger partial charge in [0.05, 0.1) is 11.7 Å². The lowest BCUT2D eigenvalue weighted by Gasteiger charge is -2.13. The van der Waals surface area contributed by atoms with Crippen molar-refractivity contribution < 1.29 is 14.4 Å². The van der Waals surface area contributed by atoms with Crippen LogP contribution in [0.5, 0.6) is 5.75 Å². The van der Waals surface area contributed by atoms with Crippen LogP contribution in [-0.4, -0.2) is 33.4 Å². The maximum Gasteiger partial charge on any atom is 0.268 e. The molecule has 0 saturated carbocycles. The molecule has 1 atom stereocenters. The van der Waals surface area contributed by atoms with Crippen molar-refractivity contribution in [2.75, 3.05) is 5.32 Å². The number of hydrogen-bond acceptors (Lipinski definition) is 6. The molecular weight excluding hydrogens is 370 g/mol. The van der Waals surface area contributed by atoms with Crippen LogP contribution in [0, 0.1) is 11.3 Å². The highest BCUT2D eigenvalue weighted by molar-refractivity contribution is 6.05. The summed E-state index contributed by atoms with van der Waals surface area (Å²) >= 11 is 0. The first-order valence-corrected chi connectivity index (χ1v) is 9.75. The Morgan fingerprint density at radius 2 is 2.24 bits per heavy atom. The van der Waals surface area contributed by atoms with E-state index in [1.807, 2.05) is 20.0 Å². The zero-order chi connectivity index (χ0) is 21.0. The molecule has 29 heavy (non-hydrogen) atoms. The third-order valence-electron chi connectivity index (χ3n) is 4.50. The SMILES string of the molecule is CCc1nc(C2=NOC(C(=O)Nc3ccc(OC(C)C)c(C#N)c3)C2)cn1CC. The van der Waals surface area contributed by atoms with Gasteiger partial charge in [-0.2, -0.15) is 5.26 Å². The summed E-state index contributed by atoms with van der Waals surface area (Å²) in [5.74, 6) is 1.14. The second kappa shape index (κ2) is 8.78. The van der Waals surface area contributed by atoms with E-state index in [-0.39, 0.29) is 12.0 Å². The Bertz CT molecular complexity index is 950. The van der Waals surface area contributed by atoms with Gasteiger partial charge < -0.3 is 19.5 Å². The van der Waals surface area contributed by atoms with E-state index in [9.17, 15) is 10.1 Å². The average Bonchev–Trinajstić information content (AvgIpc) is 3.35. The molecule has 1 amide bonds. The Hall–Kier alpha value is -3.34. The first kappa shape index (κ1) is 20.4. The predicted octanol–water partition coefficient (Wildman–Crippen LogP) is 3.26. The Balaban J connectivity index is 1.66. The third kappa shape index (κ3) is 4.57. The topological polar surface area (TPSA) is 102 Å². The van der Waals surface area contributed by atoms with Crippen LogP contribution < -0.4 is 10.1 Å². The van der Waals surface area contributed by atoms with Gasteiger partial charge in [0.25, 0.3) is 5.91 Å². The zero-order valence-corrected chi connectivity index (χ0v) is 17.1. The van der Waals surface area contributed by atoms with Gasteiger partial charge in [-0.3, -0.25) is 4.79 Å². The molecule has 1 aromatic heterocycles. The summed E-state index contributed by atoms with van der Waals surface area (Å²) < 4.78 is 7.67. The van der Waals surface area contributed by atoms with Crippen molar-refractivity contribution >= 4 is 17.3 Å².